The Balaban J connectivity index is 1.43. The van der Waals surface area contributed by atoms with E-state index >= 15 is 0 Å². The van der Waals surface area contributed by atoms with E-state index in [2.05, 4.69) is 31.3 Å². The summed E-state index contributed by atoms with van der Waals surface area (Å²) >= 11 is 1.79. The number of carbonyl (C=O) groups is 1. The minimum absolute atomic E-state index is 0.0865. The Morgan fingerprint density at radius 3 is 2.93 bits per heavy atom. The number of hydrogen-bond acceptors (Lipinski definition) is 4. The predicted molar refractivity (Wildman–Crippen MR) is 115 cm³/mol. The van der Waals surface area contributed by atoms with Gasteiger partial charge in [-0.2, -0.15) is 0 Å². The van der Waals surface area contributed by atoms with E-state index in [0.29, 0.717) is 12.5 Å². The Labute approximate surface area is 171 Å². The highest BCUT2D eigenvalue weighted by Gasteiger charge is 2.48. The Kier molecular flexibility index (Phi) is 5.48. The fraction of sp³-hybridized carbons (Fsp3) is 0.522. The summed E-state index contributed by atoms with van der Waals surface area (Å²) in [6, 6.07) is 12.1. The van der Waals surface area contributed by atoms with Crippen LogP contribution >= 0.6 is 11.3 Å². The van der Waals surface area contributed by atoms with E-state index in [-0.39, 0.29) is 11.8 Å². The van der Waals surface area contributed by atoms with Crippen LogP contribution in [0, 0.1) is 18.8 Å². The molecular weight excluding hydrogens is 368 g/mol. The minimum atomic E-state index is -0.597. The van der Waals surface area contributed by atoms with Gasteiger partial charge in [-0.05, 0) is 62.4 Å². The van der Waals surface area contributed by atoms with Gasteiger partial charge in [0, 0.05) is 46.6 Å². The zero-order valence-corrected chi connectivity index (χ0v) is 17.6. The minimum Gasteiger partial charge on any atom is -0.390 e. The quantitative estimate of drug-likeness (QED) is 0.769. The largest absolute Gasteiger partial charge is 0.390 e. The van der Waals surface area contributed by atoms with Crippen molar-refractivity contribution in [3.63, 3.8) is 0 Å². The summed E-state index contributed by atoms with van der Waals surface area (Å²) in [4.78, 5) is 17.7. The number of anilines is 1. The number of thiophene rings is 1. The van der Waals surface area contributed by atoms with Gasteiger partial charge in [0.25, 0.3) is 5.91 Å². The molecule has 1 aromatic carbocycles. The number of aliphatic hydroxyl groups is 1. The molecule has 3 atom stereocenters. The number of aryl methyl sites for hydroxylation is 1. The van der Waals surface area contributed by atoms with Crippen molar-refractivity contribution >= 4 is 22.9 Å². The second-order valence-electron chi connectivity index (χ2n) is 8.37. The predicted octanol–water partition coefficient (Wildman–Crippen LogP) is 4.68. The fourth-order valence-corrected chi connectivity index (χ4v) is 5.78. The molecule has 4 nitrogen and oxygen atoms in total. The van der Waals surface area contributed by atoms with Gasteiger partial charge in [0.1, 0.15) is 0 Å². The maximum atomic E-state index is 13.1. The molecule has 1 aromatic heterocycles. The third kappa shape index (κ3) is 3.83. The number of nitrogens with one attached hydrogen (secondary N) is 1. The van der Waals surface area contributed by atoms with Gasteiger partial charge in [-0.25, -0.2) is 0 Å². The van der Waals surface area contributed by atoms with E-state index in [1.807, 2.05) is 29.2 Å². The molecule has 1 aliphatic carbocycles. The smallest absolute Gasteiger partial charge is 0.253 e. The monoisotopic (exact) mass is 398 g/mol. The van der Waals surface area contributed by atoms with Gasteiger partial charge in [-0.3, -0.25) is 4.79 Å². The van der Waals surface area contributed by atoms with E-state index in [9.17, 15) is 9.90 Å². The Morgan fingerprint density at radius 1 is 1.32 bits per heavy atom. The van der Waals surface area contributed by atoms with Crippen molar-refractivity contribution in [1.29, 1.82) is 0 Å². The van der Waals surface area contributed by atoms with Crippen molar-refractivity contribution in [2.45, 2.75) is 51.7 Å². The highest BCUT2D eigenvalue weighted by Crippen LogP contribution is 2.44. The van der Waals surface area contributed by atoms with Crippen LogP contribution in [0.3, 0.4) is 0 Å². The lowest BCUT2D eigenvalue weighted by atomic mass is 9.69. The number of benzene rings is 1. The third-order valence-electron chi connectivity index (χ3n) is 6.59. The molecule has 1 aliphatic heterocycles. The third-order valence-corrected chi connectivity index (χ3v) is 7.59. The first-order valence-electron chi connectivity index (χ1n) is 10.4. The molecular formula is C23H30N2O2S. The van der Waals surface area contributed by atoms with Gasteiger partial charge >= 0.3 is 0 Å². The molecule has 28 heavy (non-hydrogen) atoms. The highest BCUT2D eigenvalue weighted by atomic mass is 32.1. The lowest BCUT2D eigenvalue weighted by molar-refractivity contribution is -0.0609. The lowest BCUT2D eigenvalue weighted by Gasteiger charge is -2.40. The fourth-order valence-electron chi connectivity index (χ4n) is 4.95. The first-order valence-corrected chi connectivity index (χ1v) is 11.2. The molecule has 2 N–H and O–H groups in total. The second-order valence-corrected chi connectivity index (χ2v) is 9.75. The van der Waals surface area contributed by atoms with Crippen LogP contribution in [-0.4, -0.2) is 34.6 Å². The van der Waals surface area contributed by atoms with E-state index in [1.165, 1.54) is 9.75 Å². The van der Waals surface area contributed by atoms with E-state index in [0.717, 1.165) is 50.0 Å². The van der Waals surface area contributed by atoms with Gasteiger partial charge in [0.15, 0.2) is 0 Å². The van der Waals surface area contributed by atoms with Gasteiger partial charge in [0.05, 0.1) is 5.60 Å². The SMILES string of the molecule is CC[C@@]1(O)CCC[C@@H]2CN(C(=O)c3cccc(NCc4ccc(C)s4)c3)C[C@@H]21. The topological polar surface area (TPSA) is 52.6 Å². The van der Waals surface area contributed by atoms with Gasteiger partial charge in [0.2, 0.25) is 0 Å². The Bertz CT molecular complexity index is 849. The normalized spacial score (nSPS) is 26.9. The number of rotatable bonds is 5. The van der Waals surface area contributed by atoms with Crippen LogP contribution in [0.2, 0.25) is 0 Å². The Hall–Kier alpha value is -1.85. The number of amides is 1. The summed E-state index contributed by atoms with van der Waals surface area (Å²) in [5, 5.41) is 14.4. The van der Waals surface area contributed by atoms with Crippen molar-refractivity contribution in [3.8, 4) is 0 Å². The lowest BCUT2D eigenvalue weighted by Crippen LogP contribution is -2.44. The van der Waals surface area contributed by atoms with Crippen LogP contribution in [0.25, 0.3) is 0 Å². The molecule has 1 saturated heterocycles. The van der Waals surface area contributed by atoms with Gasteiger partial charge in [-0.15, -0.1) is 11.3 Å². The summed E-state index contributed by atoms with van der Waals surface area (Å²) in [5.74, 6) is 0.744. The van der Waals surface area contributed by atoms with Gasteiger partial charge < -0.3 is 15.3 Å². The molecule has 5 heteroatoms. The van der Waals surface area contributed by atoms with Crippen molar-refractivity contribution in [1.82, 2.24) is 4.90 Å². The summed E-state index contributed by atoms with van der Waals surface area (Å²) in [7, 11) is 0. The highest BCUT2D eigenvalue weighted by molar-refractivity contribution is 7.11. The molecule has 1 saturated carbocycles. The molecule has 2 fully saturated rings. The number of hydrogen-bond donors (Lipinski definition) is 2. The molecule has 4 rings (SSSR count). The van der Waals surface area contributed by atoms with Crippen LogP contribution in [0.15, 0.2) is 36.4 Å². The molecule has 0 radical (unpaired) electrons. The van der Waals surface area contributed by atoms with Crippen LogP contribution in [-0.2, 0) is 6.54 Å². The molecule has 2 aliphatic rings. The summed E-state index contributed by atoms with van der Waals surface area (Å²) < 4.78 is 0. The van der Waals surface area contributed by atoms with Crippen molar-refractivity contribution in [2.24, 2.45) is 11.8 Å². The Morgan fingerprint density at radius 2 is 2.18 bits per heavy atom. The summed E-state index contributed by atoms with van der Waals surface area (Å²) in [6.07, 6.45) is 3.83. The maximum absolute atomic E-state index is 13.1. The standard InChI is InChI=1S/C23H30N2O2S/c1-3-23(27)11-5-7-18-14-25(15-21(18)23)22(26)17-6-4-8-19(12-17)24-13-20-10-9-16(2)28-20/h4,6,8-10,12,18,21,24,27H,3,5,7,11,13-15H2,1-2H3/t18-,21+,23-/m1/s1. The molecule has 150 valence electrons. The zero-order valence-electron chi connectivity index (χ0n) is 16.8. The summed E-state index contributed by atoms with van der Waals surface area (Å²) in [5.41, 5.74) is 1.10. The second kappa shape index (κ2) is 7.88. The molecule has 2 heterocycles. The average Bonchev–Trinajstić information content (AvgIpc) is 3.33. The van der Waals surface area contributed by atoms with Crippen molar-refractivity contribution in [2.75, 3.05) is 18.4 Å². The van der Waals surface area contributed by atoms with E-state index in [1.54, 1.807) is 11.3 Å². The van der Waals surface area contributed by atoms with Crippen LogP contribution in [0.5, 0.6) is 0 Å². The van der Waals surface area contributed by atoms with Crippen LogP contribution in [0.1, 0.15) is 52.7 Å². The molecule has 0 bridgehead atoms. The van der Waals surface area contributed by atoms with Gasteiger partial charge in [-0.1, -0.05) is 19.4 Å². The molecule has 2 aromatic rings. The van der Waals surface area contributed by atoms with Crippen molar-refractivity contribution < 1.29 is 9.90 Å². The molecule has 1 amide bonds. The zero-order chi connectivity index (χ0) is 19.7. The molecule has 0 spiro atoms. The van der Waals surface area contributed by atoms with E-state index in [4.69, 9.17) is 0 Å². The first-order chi connectivity index (χ1) is 13.5. The number of likely N-dealkylation sites (tertiary alicyclic amines) is 1. The van der Waals surface area contributed by atoms with Crippen LogP contribution in [0.4, 0.5) is 5.69 Å². The maximum Gasteiger partial charge on any atom is 0.253 e. The number of nitrogens with zero attached hydrogens (tertiary/aromatic N) is 1. The average molecular weight is 399 g/mol. The van der Waals surface area contributed by atoms with Crippen LogP contribution < -0.4 is 5.32 Å². The first kappa shape index (κ1) is 19.5. The van der Waals surface area contributed by atoms with Crippen molar-refractivity contribution in [3.05, 3.63) is 51.7 Å². The molecule has 0 unspecified atom stereocenters. The summed E-state index contributed by atoms with van der Waals surface area (Å²) in [6.45, 7) is 6.41. The van der Waals surface area contributed by atoms with E-state index < -0.39 is 5.60 Å². The number of carbonyl (C=O) groups excluding carboxylic acids is 1. The number of fused-ring (bicyclic) bond motifs is 1.